The zero-order valence-corrected chi connectivity index (χ0v) is 11.4. The number of nitrogens with one attached hydrogen (secondary N) is 2. The Labute approximate surface area is 92.3 Å². The molecule has 0 fully saturated rings. The van der Waals surface area contributed by atoms with E-state index in [1.807, 2.05) is 20.9 Å². The second kappa shape index (κ2) is 149. The minimum Gasteiger partial charge on any atom is -0.394 e. The van der Waals surface area contributed by atoms with Crippen LogP contribution in [0.1, 0.15) is 54.4 Å². The molecular formula is C12H32N2. The predicted molar refractivity (Wildman–Crippen MR) is 72.4 cm³/mol. The van der Waals surface area contributed by atoms with E-state index in [1.165, 1.54) is 12.8 Å². The van der Waals surface area contributed by atoms with Crippen molar-refractivity contribution in [2.45, 2.75) is 54.4 Å². The number of rotatable bonds is 1. The van der Waals surface area contributed by atoms with Crippen molar-refractivity contribution in [1.29, 1.82) is 5.41 Å². The van der Waals surface area contributed by atoms with Crippen LogP contribution in [0.5, 0.6) is 0 Å². The van der Waals surface area contributed by atoms with Crippen LogP contribution in [0.3, 0.4) is 0 Å². The third kappa shape index (κ3) is 26500. The highest BCUT2D eigenvalue weighted by Crippen LogP contribution is 1.56. The summed E-state index contributed by atoms with van der Waals surface area (Å²) in [5.74, 6) is 0. The van der Waals surface area contributed by atoms with E-state index in [-0.39, 0.29) is 0 Å². The summed E-state index contributed by atoms with van der Waals surface area (Å²) in [5.41, 5.74) is 0. The van der Waals surface area contributed by atoms with Gasteiger partial charge in [-0.15, -0.1) is 0 Å². The van der Waals surface area contributed by atoms with Crippen molar-refractivity contribution < 1.29 is 0 Å². The summed E-state index contributed by atoms with van der Waals surface area (Å²) in [4.78, 5) is 0. The van der Waals surface area contributed by atoms with Gasteiger partial charge < -0.3 is 10.7 Å². The molecule has 0 heterocycles. The van der Waals surface area contributed by atoms with E-state index in [0.29, 0.717) is 0 Å². The molecule has 0 unspecified atom stereocenters. The highest BCUT2D eigenvalue weighted by molar-refractivity contribution is 5.15. The lowest BCUT2D eigenvalue weighted by Gasteiger charge is -1.70. The van der Waals surface area contributed by atoms with E-state index < -0.39 is 0 Å². The van der Waals surface area contributed by atoms with Gasteiger partial charge in [0.2, 0.25) is 0 Å². The molecule has 2 N–H and O–H groups in total. The third-order valence-corrected chi connectivity index (χ3v) is 0.204. The first-order valence-electron chi connectivity index (χ1n) is 5.38. The Morgan fingerprint density at radius 1 is 1.00 bits per heavy atom. The molecule has 0 rings (SSSR count). The van der Waals surface area contributed by atoms with Crippen molar-refractivity contribution in [2.24, 2.45) is 0 Å². The molecular weight excluding hydrogens is 172 g/mol. The average molecular weight is 204 g/mol. The zero-order valence-electron chi connectivity index (χ0n) is 11.4. The van der Waals surface area contributed by atoms with Gasteiger partial charge >= 0.3 is 0 Å². The largest absolute Gasteiger partial charge is 0.394 e. The molecule has 0 amide bonds. The second-order valence-electron chi connectivity index (χ2n) is 1.91. The minimum absolute atomic E-state index is 1.25. The van der Waals surface area contributed by atoms with Crippen molar-refractivity contribution in [3.63, 3.8) is 0 Å². The molecule has 14 heavy (non-hydrogen) atoms. The fraction of sp³-hybridized carbons (Fsp3) is 0.750. The van der Waals surface area contributed by atoms with Crippen molar-refractivity contribution in [3.05, 3.63) is 12.8 Å². The van der Waals surface area contributed by atoms with Gasteiger partial charge in [0.1, 0.15) is 0 Å². The van der Waals surface area contributed by atoms with Gasteiger partial charge in [0.25, 0.3) is 0 Å². The Bertz CT molecular complexity index is 43.6. The Morgan fingerprint density at radius 2 is 1.07 bits per heavy atom. The van der Waals surface area contributed by atoms with E-state index in [0.717, 1.165) is 0 Å². The molecule has 0 aliphatic carbocycles. The van der Waals surface area contributed by atoms with Crippen molar-refractivity contribution >= 4 is 6.72 Å². The summed E-state index contributed by atoms with van der Waals surface area (Å²) in [7, 11) is 1.81. The van der Waals surface area contributed by atoms with E-state index in [2.05, 4.69) is 46.3 Å². The van der Waals surface area contributed by atoms with Crippen LogP contribution in [0.15, 0.2) is 12.8 Å². The molecule has 0 aromatic carbocycles. The fourth-order valence-electron chi connectivity index (χ4n) is 0. The molecule has 2 nitrogen and oxygen atoms in total. The van der Waals surface area contributed by atoms with E-state index in [1.54, 1.807) is 6.20 Å². The zero-order chi connectivity index (χ0) is 12.8. The summed E-state index contributed by atoms with van der Waals surface area (Å²) in [5, 5.41) is 8.19. The van der Waals surface area contributed by atoms with Crippen LogP contribution in [-0.2, 0) is 0 Å². The SMILES string of the molecule is C=CNC.C=N.CC.CCC.CCC. The predicted octanol–water partition coefficient (Wildman–Crippen LogP) is 4.47. The van der Waals surface area contributed by atoms with Crippen LogP contribution >= 0.6 is 0 Å². The van der Waals surface area contributed by atoms with Crippen molar-refractivity contribution in [3.8, 4) is 0 Å². The first-order valence-corrected chi connectivity index (χ1v) is 5.38. The number of hydrogen-bond donors (Lipinski definition) is 2. The maximum absolute atomic E-state index is 5.50. The Kier molecular flexibility index (Phi) is 311. The first-order chi connectivity index (χ1) is 6.74. The topological polar surface area (TPSA) is 35.9 Å². The highest BCUT2D eigenvalue weighted by atomic mass is 14.8. The molecule has 90 valence electrons. The van der Waals surface area contributed by atoms with Crippen LogP contribution in [-0.4, -0.2) is 13.8 Å². The molecule has 0 aromatic heterocycles. The lowest BCUT2D eigenvalue weighted by Crippen LogP contribution is -1.87. The van der Waals surface area contributed by atoms with Crippen LogP contribution in [0.4, 0.5) is 0 Å². The molecule has 0 saturated carbocycles. The molecule has 0 saturated heterocycles. The van der Waals surface area contributed by atoms with Gasteiger partial charge in [-0.3, -0.25) is 0 Å². The molecule has 0 radical (unpaired) electrons. The standard InChI is InChI=1S/C3H7N.2C3H8.C2H6.CH3N/c1-3-4-2;2*1-3-2;2*1-2/h3-4H,1H2,2H3;2*3H2,1-2H3;1-2H3;2H,1H2. The summed E-state index contributed by atoms with van der Waals surface area (Å²) in [6.07, 6.45) is 4.12. The quantitative estimate of drug-likeness (QED) is 0.607. The summed E-state index contributed by atoms with van der Waals surface area (Å²) < 4.78 is 0. The first kappa shape index (κ1) is 29.2. The van der Waals surface area contributed by atoms with Crippen molar-refractivity contribution in [2.75, 3.05) is 7.05 Å². The van der Waals surface area contributed by atoms with E-state index in [9.17, 15) is 0 Å². The molecule has 2 heteroatoms. The molecule has 0 atom stereocenters. The maximum atomic E-state index is 5.50. The van der Waals surface area contributed by atoms with Crippen LogP contribution in [0, 0.1) is 5.41 Å². The average Bonchev–Trinajstić information content (AvgIpc) is 2.26. The number of hydrogen-bond acceptors (Lipinski definition) is 2. The molecule has 0 spiro atoms. The lowest BCUT2D eigenvalue weighted by molar-refractivity contribution is 1.09. The normalized spacial score (nSPS) is 4.79. The Morgan fingerprint density at radius 3 is 1.07 bits per heavy atom. The highest BCUT2D eigenvalue weighted by Gasteiger charge is 1.36. The van der Waals surface area contributed by atoms with Gasteiger partial charge in [-0.05, 0) is 12.9 Å². The minimum atomic E-state index is 1.25. The van der Waals surface area contributed by atoms with Gasteiger partial charge in [0.05, 0.1) is 0 Å². The lowest BCUT2D eigenvalue weighted by atomic mass is 10.6. The summed E-state index contributed by atoms with van der Waals surface area (Å²) in [6, 6.07) is 0. The van der Waals surface area contributed by atoms with Crippen molar-refractivity contribution in [1.82, 2.24) is 5.32 Å². The van der Waals surface area contributed by atoms with Gasteiger partial charge in [0.15, 0.2) is 0 Å². The third-order valence-electron chi connectivity index (χ3n) is 0.204. The summed E-state index contributed by atoms with van der Waals surface area (Å²) in [6.45, 7) is 18.4. The van der Waals surface area contributed by atoms with E-state index in [4.69, 9.17) is 5.41 Å². The smallest absolute Gasteiger partial charge is 0.00275 e. The second-order valence-corrected chi connectivity index (χ2v) is 1.91. The van der Waals surface area contributed by atoms with E-state index >= 15 is 0 Å². The molecule has 0 aromatic rings. The monoisotopic (exact) mass is 204 g/mol. The summed E-state index contributed by atoms with van der Waals surface area (Å²) >= 11 is 0. The maximum Gasteiger partial charge on any atom is 0.00275 e. The molecule has 0 bridgehead atoms. The van der Waals surface area contributed by atoms with Gasteiger partial charge in [-0.1, -0.05) is 61.0 Å². The van der Waals surface area contributed by atoms with Gasteiger partial charge in [-0.25, -0.2) is 0 Å². The Balaban J connectivity index is -0.0000000249. The van der Waals surface area contributed by atoms with Crippen LogP contribution in [0.25, 0.3) is 0 Å². The molecule has 0 aliphatic heterocycles. The van der Waals surface area contributed by atoms with Gasteiger partial charge in [-0.2, -0.15) is 0 Å². The van der Waals surface area contributed by atoms with Crippen LogP contribution < -0.4 is 5.32 Å². The fourth-order valence-corrected chi connectivity index (χ4v) is 0. The Hall–Kier alpha value is -0.790. The molecule has 0 aliphatic rings. The van der Waals surface area contributed by atoms with Gasteiger partial charge in [0, 0.05) is 7.05 Å². The van der Waals surface area contributed by atoms with Crippen LogP contribution in [0.2, 0.25) is 0 Å².